The Bertz CT molecular complexity index is 303. The Morgan fingerprint density at radius 1 is 1.05 bits per heavy atom. The van der Waals surface area contributed by atoms with E-state index in [1.54, 1.807) is 6.26 Å². The smallest absolute Gasteiger partial charge is 0.130 e. The van der Waals surface area contributed by atoms with E-state index >= 15 is 0 Å². The van der Waals surface area contributed by atoms with Crippen molar-refractivity contribution in [2.45, 2.75) is 77.0 Å². The van der Waals surface area contributed by atoms with Crippen LogP contribution in [0.1, 0.15) is 82.8 Å². The van der Waals surface area contributed by atoms with Gasteiger partial charge in [0.2, 0.25) is 0 Å². The molecule has 2 nitrogen and oxygen atoms in total. The van der Waals surface area contributed by atoms with Crippen LogP contribution in [0.4, 0.5) is 0 Å². The zero-order valence-corrected chi connectivity index (χ0v) is 12.3. The van der Waals surface area contributed by atoms with Crippen molar-refractivity contribution >= 4 is 6.29 Å². The lowest BCUT2D eigenvalue weighted by Crippen LogP contribution is -1.98. The highest BCUT2D eigenvalue weighted by Gasteiger charge is 2.12. The van der Waals surface area contributed by atoms with Gasteiger partial charge in [-0.1, -0.05) is 64.7 Å². The molecular formula is C17H28O2. The summed E-state index contributed by atoms with van der Waals surface area (Å²) >= 11 is 0. The molecule has 0 fully saturated rings. The first-order valence-corrected chi connectivity index (χ1v) is 7.87. The van der Waals surface area contributed by atoms with E-state index < -0.39 is 0 Å². The minimum absolute atomic E-state index is 0.0421. The van der Waals surface area contributed by atoms with Gasteiger partial charge in [-0.2, -0.15) is 0 Å². The van der Waals surface area contributed by atoms with Crippen LogP contribution in [0.5, 0.6) is 0 Å². The second-order valence-electron chi connectivity index (χ2n) is 5.38. The van der Waals surface area contributed by atoms with Crippen molar-refractivity contribution in [2.24, 2.45) is 0 Å². The maximum atomic E-state index is 11.0. The van der Waals surface area contributed by atoms with Crippen LogP contribution < -0.4 is 0 Å². The Balaban J connectivity index is 1.96. The molecular weight excluding hydrogens is 236 g/mol. The van der Waals surface area contributed by atoms with Crippen molar-refractivity contribution in [3.63, 3.8) is 0 Å². The number of furan rings is 1. The number of carbonyl (C=O) groups excluding carboxylic acids is 1. The third-order valence-corrected chi connectivity index (χ3v) is 3.69. The van der Waals surface area contributed by atoms with Crippen molar-refractivity contribution in [3.05, 3.63) is 24.2 Å². The SMILES string of the molecule is CCCCCCCCCCCC(C=O)c1ccco1. The normalized spacial score (nSPS) is 12.5. The van der Waals surface area contributed by atoms with E-state index in [9.17, 15) is 4.79 Å². The van der Waals surface area contributed by atoms with Gasteiger partial charge in [-0.25, -0.2) is 0 Å². The maximum Gasteiger partial charge on any atom is 0.130 e. The summed E-state index contributed by atoms with van der Waals surface area (Å²) in [4.78, 5) is 11.0. The molecule has 0 aliphatic rings. The van der Waals surface area contributed by atoms with E-state index in [0.717, 1.165) is 24.9 Å². The quantitative estimate of drug-likeness (QED) is 0.369. The maximum absolute atomic E-state index is 11.0. The Morgan fingerprint density at radius 2 is 1.68 bits per heavy atom. The largest absolute Gasteiger partial charge is 0.469 e. The summed E-state index contributed by atoms with van der Waals surface area (Å²) in [6, 6.07) is 3.74. The van der Waals surface area contributed by atoms with Gasteiger partial charge < -0.3 is 9.21 Å². The number of unbranched alkanes of at least 4 members (excludes halogenated alkanes) is 8. The number of hydrogen-bond donors (Lipinski definition) is 0. The topological polar surface area (TPSA) is 30.2 Å². The van der Waals surface area contributed by atoms with Crippen molar-refractivity contribution in [1.29, 1.82) is 0 Å². The van der Waals surface area contributed by atoms with Crippen molar-refractivity contribution in [3.8, 4) is 0 Å². The van der Waals surface area contributed by atoms with E-state index in [0.29, 0.717) is 0 Å². The molecule has 1 atom stereocenters. The van der Waals surface area contributed by atoms with Crippen LogP contribution in [-0.2, 0) is 4.79 Å². The Kier molecular flexibility index (Phi) is 9.13. The lowest BCUT2D eigenvalue weighted by Gasteiger charge is -2.07. The summed E-state index contributed by atoms with van der Waals surface area (Å²) < 4.78 is 5.29. The van der Waals surface area contributed by atoms with Crippen molar-refractivity contribution in [2.75, 3.05) is 0 Å². The summed E-state index contributed by atoms with van der Waals surface area (Å²) in [5.74, 6) is 0.772. The molecule has 0 bridgehead atoms. The predicted octanol–water partition coefficient (Wildman–Crippen LogP) is 5.48. The van der Waals surface area contributed by atoms with Gasteiger partial charge >= 0.3 is 0 Å². The molecule has 19 heavy (non-hydrogen) atoms. The molecule has 0 saturated heterocycles. The van der Waals surface area contributed by atoms with Gasteiger partial charge in [-0.05, 0) is 18.6 Å². The third kappa shape index (κ3) is 7.19. The van der Waals surface area contributed by atoms with Crippen LogP contribution in [0.25, 0.3) is 0 Å². The van der Waals surface area contributed by atoms with Crippen LogP contribution in [-0.4, -0.2) is 6.29 Å². The zero-order chi connectivity index (χ0) is 13.8. The molecule has 0 aromatic carbocycles. The molecule has 2 heteroatoms. The summed E-state index contributed by atoms with van der Waals surface area (Å²) in [6.45, 7) is 2.25. The molecule has 0 N–H and O–H groups in total. The molecule has 1 rings (SSSR count). The minimum atomic E-state index is -0.0421. The molecule has 0 aliphatic carbocycles. The number of hydrogen-bond acceptors (Lipinski definition) is 2. The highest BCUT2D eigenvalue weighted by Crippen LogP contribution is 2.21. The molecule has 108 valence electrons. The lowest BCUT2D eigenvalue weighted by molar-refractivity contribution is -0.109. The molecule has 1 heterocycles. The fourth-order valence-electron chi connectivity index (χ4n) is 2.45. The Hall–Kier alpha value is -1.05. The zero-order valence-electron chi connectivity index (χ0n) is 12.3. The fraction of sp³-hybridized carbons (Fsp3) is 0.706. The first-order valence-electron chi connectivity index (χ1n) is 7.87. The highest BCUT2D eigenvalue weighted by atomic mass is 16.3. The third-order valence-electron chi connectivity index (χ3n) is 3.69. The van der Waals surface area contributed by atoms with E-state index in [2.05, 4.69) is 6.92 Å². The first-order chi connectivity index (χ1) is 9.38. The predicted molar refractivity (Wildman–Crippen MR) is 79.4 cm³/mol. The van der Waals surface area contributed by atoms with Gasteiger partial charge in [0.1, 0.15) is 12.0 Å². The molecule has 1 aromatic rings. The van der Waals surface area contributed by atoms with Crippen LogP contribution >= 0.6 is 0 Å². The molecule has 1 aromatic heterocycles. The number of rotatable bonds is 12. The molecule has 0 spiro atoms. The molecule has 0 saturated carbocycles. The van der Waals surface area contributed by atoms with Gasteiger partial charge in [0.25, 0.3) is 0 Å². The molecule has 0 amide bonds. The highest BCUT2D eigenvalue weighted by molar-refractivity contribution is 5.60. The van der Waals surface area contributed by atoms with Crippen LogP contribution in [0, 0.1) is 0 Å². The van der Waals surface area contributed by atoms with Gasteiger partial charge in [0, 0.05) is 0 Å². The van der Waals surface area contributed by atoms with E-state index in [-0.39, 0.29) is 5.92 Å². The van der Waals surface area contributed by atoms with Crippen LogP contribution in [0.15, 0.2) is 22.8 Å². The van der Waals surface area contributed by atoms with Crippen LogP contribution in [0.2, 0.25) is 0 Å². The second kappa shape index (κ2) is 10.8. The monoisotopic (exact) mass is 264 g/mol. The Morgan fingerprint density at radius 3 is 2.21 bits per heavy atom. The van der Waals surface area contributed by atoms with E-state index in [1.165, 1.54) is 51.4 Å². The van der Waals surface area contributed by atoms with E-state index in [4.69, 9.17) is 4.42 Å². The van der Waals surface area contributed by atoms with Gasteiger partial charge in [0.05, 0.1) is 12.2 Å². The van der Waals surface area contributed by atoms with E-state index in [1.807, 2.05) is 12.1 Å². The molecule has 0 radical (unpaired) electrons. The number of carbonyl (C=O) groups is 1. The number of aldehydes is 1. The van der Waals surface area contributed by atoms with Crippen molar-refractivity contribution in [1.82, 2.24) is 0 Å². The second-order valence-corrected chi connectivity index (χ2v) is 5.38. The summed E-state index contributed by atoms with van der Waals surface area (Å²) in [5.41, 5.74) is 0. The van der Waals surface area contributed by atoms with Gasteiger partial charge in [0.15, 0.2) is 0 Å². The van der Waals surface area contributed by atoms with Crippen LogP contribution in [0.3, 0.4) is 0 Å². The van der Waals surface area contributed by atoms with Gasteiger partial charge in [-0.3, -0.25) is 0 Å². The molecule has 0 aliphatic heterocycles. The Labute approximate surface area is 117 Å². The average Bonchev–Trinajstić information content (AvgIpc) is 2.95. The summed E-state index contributed by atoms with van der Waals surface area (Å²) in [7, 11) is 0. The average molecular weight is 264 g/mol. The van der Waals surface area contributed by atoms with Gasteiger partial charge in [-0.15, -0.1) is 0 Å². The molecule has 1 unspecified atom stereocenters. The van der Waals surface area contributed by atoms with Crippen molar-refractivity contribution < 1.29 is 9.21 Å². The minimum Gasteiger partial charge on any atom is -0.469 e. The summed E-state index contributed by atoms with van der Waals surface area (Å²) in [6.07, 6.45) is 15.4. The lowest BCUT2D eigenvalue weighted by atomic mass is 9.99. The first kappa shape index (κ1) is 16.0. The standard InChI is InChI=1S/C17H28O2/c1-2-3-4-5-6-7-8-9-10-12-16(15-18)17-13-11-14-19-17/h11,13-16H,2-10,12H2,1H3. The fourth-order valence-corrected chi connectivity index (χ4v) is 2.45. The summed E-state index contributed by atoms with van der Waals surface area (Å²) in [5, 5.41) is 0.